The third kappa shape index (κ3) is 9.49. The Labute approximate surface area is 242 Å². The summed E-state index contributed by atoms with van der Waals surface area (Å²) in [6.07, 6.45) is -1.16. The zero-order valence-corrected chi connectivity index (χ0v) is 25.3. The predicted octanol–water partition coefficient (Wildman–Crippen LogP) is 2.81. The molecule has 1 aliphatic rings. The normalized spacial score (nSPS) is 14.8. The first kappa shape index (κ1) is 33.6. The maximum atomic E-state index is 13.3. The number of sulfone groups is 1. The molecule has 1 aliphatic heterocycles. The van der Waals surface area contributed by atoms with E-state index in [1.165, 1.54) is 11.0 Å². The van der Waals surface area contributed by atoms with E-state index in [9.17, 15) is 21.6 Å². The lowest BCUT2D eigenvalue weighted by molar-refractivity contribution is -0.141. The van der Waals surface area contributed by atoms with E-state index in [1.807, 2.05) is 11.9 Å². The van der Waals surface area contributed by atoms with Crippen LogP contribution in [-0.4, -0.2) is 91.3 Å². The van der Waals surface area contributed by atoms with Gasteiger partial charge in [0.15, 0.2) is 0 Å². The van der Waals surface area contributed by atoms with Crippen molar-refractivity contribution in [1.82, 2.24) is 44.4 Å². The van der Waals surface area contributed by atoms with Crippen molar-refractivity contribution in [2.45, 2.75) is 43.9 Å². The van der Waals surface area contributed by atoms with Crippen LogP contribution in [0.15, 0.2) is 23.9 Å². The first-order valence-electron chi connectivity index (χ1n) is 12.1. The van der Waals surface area contributed by atoms with Gasteiger partial charge in [-0.2, -0.15) is 13.2 Å². The number of piperazine rings is 1. The van der Waals surface area contributed by atoms with Crippen molar-refractivity contribution in [3.8, 4) is 0 Å². The van der Waals surface area contributed by atoms with E-state index in [0.29, 0.717) is 43.9 Å². The third-order valence-electron chi connectivity index (χ3n) is 5.73. The Morgan fingerprint density at radius 1 is 1.02 bits per heavy atom. The Hall–Kier alpha value is -2.63. The van der Waals surface area contributed by atoms with Crippen LogP contribution in [0.2, 0.25) is 0 Å². The van der Waals surface area contributed by atoms with E-state index in [0.717, 1.165) is 6.07 Å². The molecule has 0 saturated carbocycles. The smallest absolute Gasteiger partial charge is 0.354 e. The van der Waals surface area contributed by atoms with Gasteiger partial charge in [0.05, 0.1) is 5.75 Å². The molecule has 1 saturated heterocycles. The number of aromatic amines is 1. The molecule has 1 N–H and O–H groups in total. The largest absolute Gasteiger partial charge is 0.433 e. The number of alkyl halides is 3. The molecule has 0 radical (unpaired) electrons. The summed E-state index contributed by atoms with van der Waals surface area (Å²) in [5.74, 6) is 0.353. The fourth-order valence-electron chi connectivity index (χ4n) is 3.66. The first-order chi connectivity index (χ1) is 18.0. The number of halogens is 4. The maximum Gasteiger partial charge on any atom is 0.433 e. The minimum atomic E-state index is -4.55. The predicted molar refractivity (Wildman–Crippen MR) is 148 cm³/mol. The van der Waals surface area contributed by atoms with Gasteiger partial charge in [-0.1, -0.05) is 20.8 Å². The Balaban J connectivity index is 0.000000610. The fraction of sp³-hybridized carbons (Fsp3) is 0.636. The Bertz CT molecular complexity index is 1380. The molecule has 0 atom stereocenters. The SMILES string of the molecule is Cl.Cn1cnc(=S)[nH]1.Cn1cnc(S(=O)(=O)CCCN2CCN(c3cc(C(F)(F)F)nc(C(C)(C)C)n3)CC2)n1. The summed E-state index contributed by atoms with van der Waals surface area (Å²) in [5.41, 5.74) is -1.56. The van der Waals surface area contributed by atoms with Gasteiger partial charge in [0.1, 0.15) is 30.0 Å². The summed E-state index contributed by atoms with van der Waals surface area (Å²) in [6.45, 7) is 8.07. The van der Waals surface area contributed by atoms with E-state index in [2.05, 4.69) is 47.3 Å². The summed E-state index contributed by atoms with van der Waals surface area (Å²) in [7, 11) is -0.0966. The number of nitrogens with one attached hydrogen (secondary N) is 1. The van der Waals surface area contributed by atoms with Gasteiger partial charge >= 0.3 is 6.18 Å². The van der Waals surface area contributed by atoms with Gasteiger partial charge in [-0.15, -0.1) is 17.5 Å². The zero-order chi connectivity index (χ0) is 29.0. The van der Waals surface area contributed by atoms with Gasteiger partial charge in [0.2, 0.25) is 14.6 Å². The quantitative estimate of drug-likeness (QED) is 0.408. The average Bonchev–Trinajstić information content (AvgIpc) is 3.46. The molecule has 3 aromatic rings. The zero-order valence-electron chi connectivity index (χ0n) is 22.9. The van der Waals surface area contributed by atoms with Gasteiger partial charge < -0.3 is 4.90 Å². The van der Waals surface area contributed by atoms with Crippen LogP contribution in [0.3, 0.4) is 0 Å². The number of hydrogen-bond acceptors (Lipinski definition) is 10. The van der Waals surface area contributed by atoms with Crippen LogP contribution in [0, 0.1) is 4.77 Å². The minimum Gasteiger partial charge on any atom is -0.354 e. The van der Waals surface area contributed by atoms with E-state index in [-0.39, 0.29) is 35.0 Å². The molecular formula is C22H34ClF3N10O2S2. The molecule has 224 valence electrons. The second-order valence-electron chi connectivity index (χ2n) is 10.2. The number of nitrogens with zero attached hydrogens (tertiary/aromatic N) is 9. The lowest BCUT2D eigenvalue weighted by Gasteiger charge is -2.36. The molecule has 0 aromatic carbocycles. The molecule has 4 rings (SSSR count). The van der Waals surface area contributed by atoms with Crippen molar-refractivity contribution < 1.29 is 21.6 Å². The third-order valence-corrected chi connectivity index (χ3v) is 7.50. The highest BCUT2D eigenvalue weighted by Gasteiger charge is 2.36. The average molecular weight is 627 g/mol. The van der Waals surface area contributed by atoms with Crippen LogP contribution in [0.25, 0.3) is 0 Å². The number of anilines is 1. The number of aromatic nitrogens is 8. The first-order valence-corrected chi connectivity index (χ1v) is 14.2. The lowest BCUT2D eigenvalue weighted by Crippen LogP contribution is -2.47. The van der Waals surface area contributed by atoms with Crippen molar-refractivity contribution in [3.05, 3.63) is 35.0 Å². The van der Waals surface area contributed by atoms with Crippen molar-refractivity contribution >= 4 is 40.3 Å². The molecule has 0 unspecified atom stereocenters. The Kier molecular flexibility index (Phi) is 11.2. The number of aryl methyl sites for hydroxylation is 2. The topological polar surface area (TPSA) is 131 Å². The molecular weight excluding hydrogens is 593 g/mol. The van der Waals surface area contributed by atoms with Crippen LogP contribution in [-0.2, 0) is 35.5 Å². The fourth-order valence-corrected chi connectivity index (χ4v) is 5.00. The van der Waals surface area contributed by atoms with Gasteiger partial charge in [-0.05, 0) is 25.2 Å². The summed E-state index contributed by atoms with van der Waals surface area (Å²) in [4.78, 5) is 19.6. The number of hydrogen-bond donors (Lipinski definition) is 1. The highest BCUT2D eigenvalue weighted by molar-refractivity contribution is 7.91. The van der Waals surface area contributed by atoms with Crippen LogP contribution >= 0.6 is 24.6 Å². The molecule has 40 heavy (non-hydrogen) atoms. The van der Waals surface area contributed by atoms with Gasteiger partial charge in [0.25, 0.3) is 5.16 Å². The maximum absolute atomic E-state index is 13.3. The molecule has 1 fully saturated rings. The van der Waals surface area contributed by atoms with Crippen LogP contribution in [0.5, 0.6) is 0 Å². The lowest BCUT2D eigenvalue weighted by atomic mass is 9.95. The van der Waals surface area contributed by atoms with Crippen molar-refractivity contribution in [2.24, 2.45) is 14.1 Å². The van der Waals surface area contributed by atoms with E-state index in [1.54, 1.807) is 38.8 Å². The highest BCUT2D eigenvalue weighted by Crippen LogP contribution is 2.32. The van der Waals surface area contributed by atoms with Crippen LogP contribution < -0.4 is 4.90 Å². The monoisotopic (exact) mass is 626 g/mol. The van der Waals surface area contributed by atoms with Crippen LogP contribution in [0.4, 0.5) is 19.0 Å². The molecule has 0 amide bonds. The molecule has 3 aromatic heterocycles. The molecule has 12 nitrogen and oxygen atoms in total. The van der Waals surface area contributed by atoms with Gasteiger partial charge in [-0.3, -0.25) is 19.4 Å². The second kappa shape index (κ2) is 13.4. The summed E-state index contributed by atoms with van der Waals surface area (Å²) < 4.78 is 68.2. The molecule has 4 heterocycles. The summed E-state index contributed by atoms with van der Waals surface area (Å²) >= 11 is 4.65. The summed E-state index contributed by atoms with van der Waals surface area (Å²) in [5, 5.41) is 6.43. The van der Waals surface area contributed by atoms with E-state index >= 15 is 0 Å². The minimum absolute atomic E-state index is 0. The Morgan fingerprint density at radius 2 is 1.68 bits per heavy atom. The summed E-state index contributed by atoms with van der Waals surface area (Å²) in [6, 6.07) is 0.997. The molecule has 0 bridgehead atoms. The standard InChI is InChI=1S/C19H28F3N7O2S.C3H5N3S.ClH/c1-18(2,3)16-24-14(19(20,21)22)12-15(25-16)29-9-7-28(8-10-29)6-5-11-32(30,31)17-23-13-27(4)26-17;1-6-2-4-3(7)5-6;/h12-13H,5-11H2,1-4H3;2H,1H3,(H,5,7);1H. The van der Waals surface area contributed by atoms with Crippen molar-refractivity contribution in [2.75, 3.05) is 43.4 Å². The van der Waals surface area contributed by atoms with Gasteiger partial charge in [0, 0.05) is 51.8 Å². The highest BCUT2D eigenvalue weighted by atomic mass is 35.5. The second-order valence-corrected chi connectivity index (χ2v) is 12.5. The van der Waals surface area contributed by atoms with E-state index < -0.39 is 27.1 Å². The molecule has 0 aliphatic carbocycles. The Morgan fingerprint density at radius 3 is 2.12 bits per heavy atom. The van der Waals surface area contributed by atoms with E-state index in [4.69, 9.17) is 0 Å². The number of H-pyrrole nitrogens is 1. The van der Waals surface area contributed by atoms with Crippen molar-refractivity contribution in [1.29, 1.82) is 0 Å². The van der Waals surface area contributed by atoms with Gasteiger partial charge in [-0.25, -0.2) is 28.4 Å². The van der Waals surface area contributed by atoms with Crippen molar-refractivity contribution in [3.63, 3.8) is 0 Å². The number of rotatable bonds is 6. The van der Waals surface area contributed by atoms with Crippen LogP contribution in [0.1, 0.15) is 38.7 Å². The molecule has 0 spiro atoms. The molecule has 18 heteroatoms.